The number of aromatic nitrogens is 2. The van der Waals surface area contributed by atoms with Gasteiger partial charge in [0, 0.05) is 24.2 Å². The topological polar surface area (TPSA) is 17.8 Å². The second-order valence-electron chi connectivity index (χ2n) is 8.91. The number of aryl methyl sites for hydroxylation is 1. The van der Waals surface area contributed by atoms with Gasteiger partial charge in [-0.05, 0) is 31.4 Å². The van der Waals surface area contributed by atoms with Gasteiger partial charge in [0.15, 0.2) is 0 Å². The molecule has 1 aromatic heterocycles. The SMILES string of the molecule is CCCCCCCCCCCCC1(CCn2ccnc2)SCCC(CCCC)S1. The van der Waals surface area contributed by atoms with Gasteiger partial charge in [-0.1, -0.05) is 90.9 Å². The van der Waals surface area contributed by atoms with Crippen molar-refractivity contribution in [3.05, 3.63) is 18.7 Å². The molecule has 2 atom stereocenters. The van der Waals surface area contributed by atoms with Gasteiger partial charge in [0.1, 0.15) is 0 Å². The highest BCUT2D eigenvalue weighted by molar-refractivity contribution is 8.19. The summed E-state index contributed by atoms with van der Waals surface area (Å²) in [5.41, 5.74) is 0. The first-order chi connectivity index (χ1) is 14.3. The van der Waals surface area contributed by atoms with Gasteiger partial charge in [0.05, 0.1) is 10.4 Å². The summed E-state index contributed by atoms with van der Waals surface area (Å²) in [6, 6.07) is 0. The standard InChI is InChI=1S/C25H46N2S2/c1-3-5-7-8-9-10-11-12-13-14-17-25(18-20-27-21-19-26-23-27)28-22-16-24(29-25)15-6-4-2/h19,21,23-24H,3-18,20,22H2,1-2H3. The molecule has 29 heavy (non-hydrogen) atoms. The van der Waals surface area contributed by atoms with Crippen molar-refractivity contribution in [2.45, 2.75) is 132 Å². The fourth-order valence-electron chi connectivity index (χ4n) is 4.40. The molecule has 2 nitrogen and oxygen atoms in total. The molecule has 0 spiro atoms. The Morgan fingerprint density at radius 1 is 0.897 bits per heavy atom. The van der Waals surface area contributed by atoms with E-state index >= 15 is 0 Å². The molecule has 1 aliphatic heterocycles. The Hall–Kier alpha value is -0.0900. The first-order valence-corrected chi connectivity index (χ1v) is 14.4. The zero-order chi connectivity index (χ0) is 20.6. The van der Waals surface area contributed by atoms with Gasteiger partial charge < -0.3 is 4.57 Å². The molecule has 0 amide bonds. The number of thioether (sulfide) groups is 2. The summed E-state index contributed by atoms with van der Waals surface area (Å²) in [6.07, 6.45) is 28.6. The molecule has 0 aliphatic carbocycles. The molecule has 4 heteroatoms. The maximum absolute atomic E-state index is 4.24. The molecule has 2 rings (SSSR count). The maximum atomic E-state index is 4.24. The van der Waals surface area contributed by atoms with E-state index < -0.39 is 0 Å². The van der Waals surface area contributed by atoms with Crippen LogP contribution in [0.5, 0.6) is 0 Å². The minimum atomic E-state index is 0.446. The van der Waals surface area contributed by atoms with Crippen molar-refractivity contribution in [3.8, 4) is 0 Å². The lowest BCUT2D eigenvalue weighted by atomic mass is 10.0. The van der Waals surface area contributed by atoms with E-state index in [1.165, 1.54) is 108 Å². The summed E-state index contributed by atoms with van der Waals surface area (Å²) in [6.45, 7) is 5.76. The Morgan fingerprint density at radius 3 is 2.24 bits per heavy atom. The molecule has 1 saturated heterocycles. The third kappa shape index (κ3) is 10.7. The highest BCUT2D eigenvalue weighted by Gasteiger charge is 2.36. The monoisotopic (exact) mass is 438 g/mol. The molecule has 0 radical (unpaired) electrons. The van der Waals surface area contributed by atoms with Crippen LogP contribution in [-0.2, 0) is 6.54 Å². The molecule has 1 aromatic rings. The van der Waals surface area contributed by atoms with E-state index in [4.69, 9.17) is 0 Å². The molecule has 1 aliphatic rings. The normalized spacial score (nSPS) is 22.2. The largest absolute Gasteiger partial charge is 0.337 e. The Balaban J connectivity index is 1.70. The minimum Gasteiger partial charge on any atom is -0.337 e. The van der Waals surface area contributed by atoms with Gasteiger partial charge in [-0.15, -0.1) is 23.5 Å². The fourth-order valence-corrected chi connectivity index (χ4v) is 8.37. The van der Waals surface area contributed by atoms with Crippen molar-refractivity contribution < 1.29 is 0 Å². The summed E-state index contributed by atoms with van der Waals surface area (Å²) in [5, 5.41) is 0.891. The van der Waals surface area contributed by atoms with E-state index in [2.05, 4.69) is 53.1 Å². The van der Waals surface area contributed by atoms with Crippen LogP contribution in [0.25, 0.3) is 0 Å². The third-order valence-corrected chi connectivity index (χ3v) is 9.95. The van der Waals surface area contributed by atoms with Crippen LogP contribution in [0.1, 0.15) is 117 Å². The maximum Gasteiger partial charge on any atom is 0.0945 e. The van der Waals surface area contributed by atoms with Crippen molar-refractivity contribution in [1.29, 1.82) is 0 Å². The van der Waals surface area contributed by atoms with Gasteiger partial charge in [0.25, 0.3) is 0 Å². The molecule has 0 N–H and O–H groups in total. The van der Waals surface area contributed by atoms with Crippen LogP contribution in [0.4, 0.5) is 0 Å². The average Bonchev–Trinajstić information content (AvgIpc) is 3.26. The van der Waals surface area contributed by atoms with Crippen molar-refractivity contribution in [2.24, 2.45) is 0 Å². The van der Waals surface area contributed by atoms with Gasteiger partial charge >= 0.3 is 0 Å². The van der Waals surface area contributed by atoms with Crippen LogP contribution in [0.3, 0.4) is 0 Å². The van der Waals surface area contributed by atoms with Crippen LogP contribution < -0.4 is 0 Å². The first kappa shape index (κ1) is 25.2. The Morgan fingerprint density at radius 2 is 1.59 bits per heavy atom. The molecule has 1 fully saturated rings. The van der Waals surface area contributed by atoms with Crippen molar-refractivity contribution in [3.63, 3.8) is 0 Å². The minimum absolute atomic E-state index is 0.446. The molecule has 0 aromatic carbocycles. The second kappa shape index (κ2) is 15.7. The Bertz CT molecular complexity index is 491. The van der Waals surface area contributed by atoms with Crippen LogP contribution >= 0.6 is 23.5 Å². The molecule has 2 heterocycles. The lowest BCUT2D eigenvalue weighted by Crippen LogP contribution is -2.31. The summed E-state index contributed by atoms with van der Waals surface area (Å²) >= 11 is 4.63. The van der Waals surface area contributed by atoms with E-state index in [-0.39, 0.29) is 0 Å². The Kier molecular flexibility index (Phi) is 13.6. The molecular formula is C25H46N2S2. The smallest absolute Gasteiger partial charge is 0.0945 e. The number of rotatable bonds is 17. The van der Waals surface area contributed by atoms with Crippen LogP contribution in [-0.4, -0.2) is 24.6 Å². The molecule has 168 valence electrons. The molecule has 0 bridgehead atoms. The number of hydrogen-bond acceptors (Lipinski definition) is 3. The summed E-state index contributed by atoms with van der Waals surface area (Å²) in [5.74, 6) is 1.36. The number of hydrogen-bond donors (Lipinski definition) is 0. The first-order valence-electron chi connectivity index (χ1n) is 12.6. The fraction of sp³-hybridized carbons (Fsp3) is 0.880. The summed E-state index contributed by atoms with van der Waals surface area (Å²) < 4.78 is 2.72. The highest BCUT2D eigenvalue weighted by atomic mass is 32.2. The van der Waals surface area contributed by atoms with Crippen molar-refractivity contribution >= 4 is 23.5 Å². The van der Waals surface area contributed by atoms with Crippen LogP contribution in [0.15, 0.2) is 18.7 Å². The molecular weight excluding hydrogens is 392 g/mol. The van der Waals surface area contributed by atoms with E-state index in [9.17, 15) is 0 Å². The highest BCUT2D eigenvalue weighted by Crippen LogP contribution is 2.52. The van der Waals surface area contributed by atoms with Gasteiger partial charge in [-0.2, -0.15) is 0 Å². The van der Waals surface area contributed by atoms with E-state index in [1.807, 2.05) is 12.5 Å². The van der Waals surface area contributed by atoms with Crippen LogP contribution in [0, 0.1) is 0 Å². The predicted octanol–water partition coefficient (Wildman–Crippen LogP) is 8.71. The van der Waals surface area contributed by atoms with Gasteiger partial charge in [-0.3, -0.25) is 0 Å². The average molecular weight is 439 g/mol. The predicted molar refractivity (Wildman–Crippen MR) is 134 cm³/mol. The second-order valence-corrected chi connectivity index (χ2v) is 12.3. The van der Waals surface area contributed by atoms with E-state index in [0.717, 1.165) is 11.8 Å². The van der Waals surface area contributed by atoms with E-state index in [1.54, 1.807) is 0 Å². The van der Waals surface area contributed by atoms with Gasteiger partial charge in [-0.25, -0.2) is 4.98 Å². The van der Waals surface area contributed by atoms with E-state index in [0.29, 0.717) is 4.08 Å². The number of imidazole rings is 1. The summed E-state index contributed by atoms with van der Waals surface area (Å²) in [7, 11) is 0. The molecule has 2 unspecified atom stereocenters. The zero-order valence-corrected chi connectivity index (χ0v) is 20.9. The summed E-state index contributed by atoms with van der Waals surface area (Å²) in [4.78, 5) is 4.24. The lowest BCUT2D eigenvalue weighted by Gasteiger charge is -2.40. The van der Waals surface area contributed by atoms with Crippen LogP contribution in [0.2, 0.25) is 0 Å². The van der Waals surface area contributed by atoms with Crippen molar-refractivity contribution in [2.75, 3.05) is 5.75 Å². The number of nitrogens with zero attached hydrogens (tertiary/aromatic N) is 2. The zero-order valence-electron chi connectivity index (χ0n) is 19.2. The number of unbranched alkanes of at least 4 members (excludes halogenated alkanes) is 10. The lowest BCUT2D eigenvalue weighted by molar-refractivity contribution is 0.513. The van der Waals surface area contributed by atoms with Gasteiger partial charge in [0.2, 0.25) is 0 Å². The quantitative estimate of drug-likeness (QED) is 0.226. The Labute approximate surface area is 189 Å². The molecule has 0 saturated carbocycles. The van der Waals surface area contributed by atoms with Crippen molar-refractivity contribution in [1.82, 2.24) is 9.55 Å². The third-order valence-electron chi connectivity index (χ3n) is 6.29.